The highest BCUT2D eigenvalue weighted by molar-refractivity contribution is 5.84. The lowest BCUT2D eigenvalue weighted by Crippen LogP contribution is -2.44. The highest BCUT2D eigenvalue weighted by Crippen LogP contribution is 2.21. The molecule has 1 unspecified atom stereocenters. The topological polar surface area (TPSA) is 93.5 Å². The first-order valence-corrected chi connectivity index (χ1v) is 7.57. The first kappa shape index (κ1) is 17.5. The number of nitrogens with zero attached hydrogens (tertiary/aromatic N) is 2. The van der Waals surface area contributed by atoms with Crippen molar-refractivity contribution >= 4 is 11.9 Å². The second kappa shape index (κ2) is 7.63. The summed E-state index contributed by atoms with van der Waals surface area (Å²) in [7, 11) is 1.79. The molecule has 1 heterocycles. The summed E-state index contributed by atoms with van der Waals surface area (Å²) in [6.07, 6.45) is 0.215. The van der Waals surface area contributed by atoms with Gasteiger partial charge in [0.15, 0.2) is 12.4 Å². The first-order chi connectivity index (χ1) is 11.4. The quantitative estimate of drug-likeness (QED) is 0.796. The smallest absolute Gasteiger partial charge is 0.326 e. The maximum atomic E-state index is 12.0. The van der Waals surface area contributed by atoms with Crippen LogP contribution < -0.4 is 10.1 Å². The summed E-state index contributed by atoms with van der Waals surface area (Å²) < 4.78 is 7.16. The van der Waals surface area contributed by atoms with E-state index in [1.807, 2.05) is 37.3 Å². The number of hydrogen-bond acceptors (Lipinski definition) is 4. The summed E-state index contributed by atoms with van der Waals surface area (Å²) in [4.78, 5) is 23.4. The Morgan fingerprint density at radius 2 is 1.96 bits per heavy atom. The van der Waals surface area contributed by atoms with Crippen molar-refractivity contribution in [3.8, 4) is 5.75 Å². The van der Waals surface area contributed by atoms with Crippen molar-refractivity contribution in [2.75, 3.05) is 6.61 Å². The van der Waals surface area contributed by atoms with Gasteiger partial charge in [0, 0.05) is 13.5 Å². The molecule has 0 spiro atoms. The van der Waals surface area contributed by atoms with Gasteiger partial charge in [0.25, 0.3) is 5.91 Å². The third kappa shape index (κ3) is 4.34. The molecular formula is C17H21N3O4. The van der Waals surface area contributed by atoms with Crippen LogP contribution in [0.15, 0.2) is 30.3 Å². The van der Waals surface area contributed by atoms with Gasteiger partial charge < -0.3 is 15.2 Å². The van der Waals surface area contributed by atoms with E-state index < -0.39 is 17.9 Å². The van der Waals surface area contributed by atoms with Gasteiger partial charge in [-0.25, -0.2) is 4.79 Å². The van der Waals surface area contributed by atoms with Crippen LogP contribution in [0.5, 0.6) is 5.75 Å². The number of ether oxygens (including phenoxy) is 1. The monoisotopic (exact) mass is 331 g/mol. The average Bonchev–Trinajstić information content (AvgIpc) is 2.78. The zero-order chi connectivity index (χ0) is 17.7. The molecule has 0 aliphatic rings. The number of benzene rings is 1. The molecule has 1 amide bonds. The van der Waals surface area contributed by atoms with Crippen LogP contribution in [0.2, 0.25) is 0 Å². The number of carbonyl (C=O) groups excluding carboxylic acids is 1. The molecular weight excluding hydrogens is 310 g/mol. The molecule has 24 heavy (non-hydrogen) atoms. The standard InChI is InChI=1S/C17H21N3O4/c1-11-16(12(2)20(3)19-11)24-10-15(21)18-14(17(22)23)9-13-7-5-4-6-8-13/h4-8,14H,9-10H2,1-3H3,(H,18,21)(H,22,23). The van der Waals surface area contributed by atoms with Crippen LogP contribution in [0.25, 0.3) is 0 Å². The second-order valence-electron chi connectivity index (χ2n) is 5.56. The molecule has 0 saturated heterocycles. The summed E-state index contributed by atoms with van der Waals surface area (Å²) >= 11 is 0. The van der Waals surface area contributed by atoms with E-state index in [9.17, 15) is 14.7 Å². The van der Waals surface area contributed by atoms with E-state index in [4.69, 9.17) is 4.74 Å². The van der Waals surface area contributed by atoms with Crippen molar-refractivity contribution in [3.63, 3.8) is 0 Å². The van der Waals surface area contributed by atoms with Crippen LogP contribution in [-0.2, 0) is 23.1 Å². The van der Waals surface area contributed by atoms with Crippen molar-refractivity contribution in [2.24, 2.45) is 7.05 Å². The molecule has 7 heteroatoms. The van der Waals surface area contributed by atoms with Crippen LogP contribution in [0, 0.1) is 13.8 Å². The minimum Gasteiger partial charge on any atom is -0.480 e. The molecule has 0 fully saturated rings. The first-order valence-electron chi connectivity index (χ1n) is 7.57. The van der Waals surface area contributed by atoms with Gasteiger partial charge in [0.2, 0.25) is 0 Å². The fourth-order valence-corrected chi connectivity index (χ4v) is 2.39. The SMILES string of the molecule is Cc1nn(C)c(C)c1OCC(=O)NC(Cc1ccccc1)C(=O)O. The fraction of sp³-hybridized carbons (Fsp3) is 0.353. The van der Waals surface area contributed by atoms with Crippen LogP contribution in [0.1, 0.15) is 17.0 Å². The van der Waals surface area contributed by atoms with Gasteiger partial charge in [-0.05, 0) is 19.4 Å². The van der Waals surface area contributed by atoms with Crippen molar-refractivity contribution in [1.29, 1.82) is 0 Å². The summed E-state index contributed by atoms with van der Waals surface area (Å²) in [5.41, 5.74) is 2.33. The summed E-state index contributed by atoms with van der Waals surface area (Å²) in [5.74, 6) is -1.02. The number of amides is 1. The molecule has 0 bridgehead atoms. The Labute approximate surface area is 140 Å². The molecule has 2 rings (SSSR count). The van der Waals surface area contributed by atoms with Gasteiger partial charge in [-0.3, -0.25) is 9.48 Å². The summed E-state index contributed by atoms with van der Waals surface area (Å²) in [5, 5.41) is 16.0. The van der Waals surface area contributed by atoms with Gasteiger partial charge in [0.1, 0.15) is 11.7 Å². The van der Waals surface area contributed by atoms with E-state index in [-0.39, 0.29) is 13.0 Å². The number of aryl methyl sites for hydroxylation is 2. The predicted molar refractivity (Wildman–Crippen MR) is 87.9 cm³/mol. The Balaban J connectivity index is 1.94. The average molecular weight is 331 g/mol. The number of nitrogens with one attached hydrogen (secondary N) is 1. The number of aliphatic carboxylic acids is 1. The van der Waals surface area contributed by atoms with Gasteiger partial charge in [-0.2, -0.15) is 5.10 Å². The number of carboxylic acids is 1. The molecule has 0 saturated carbocycles. The van der Waals surface area contributed by atoms with E-state index in [0.717, 1.165) is 11.3 Å². The van der Waals surface area contributed by atoms with Gasteiger partial charge in [-0.1, -0.05) is 30.3 Å². The second-order valence-corrected chi connectivity index (χ2v) is 5.56. The lowest BCUT2D eigenvalue weighted by molar-refractivity contribution is -0.142. The molecule has 1 aromatic carbocycles. The Morgan fingerprint density at radius 3 is 2.50 bits per heavy atom. The van der Waals surface area contributed by atoms with E-state index in [0.29, 0.717) is 11.4 Å². The molecule has 1 atom stereocenters. The Hall–Kier alpha value is -2.83. The maximum Gasteiger partial charge on any atom is 0.326 e. The fourth-order valence-electron chi connectivity index (χ4n) is 2.39. The number of hydrogen-bond donors (Lipinski definition) is 2. The molecule has 0 aliphatic heterocycles. The van der Waals surface area contributed by atoms with Crippen molar-refractivity contribution in [3.05, 3.63) is 47.3 Å². The normalized spacial score (nSPS) is 11.8. The van der Waals surface area contributed by atoms with Gasteiger partial charge in [0.05, 0.1) is 5.69 Å². The lowest BCUT2D eigenvalue weighted by atomic mass is 10.1. The Bertz CT molecular complexity index is 725. The Kier molecular flexibility index (Phi) is 5.57. The predicted octanol–water partition coefficient (Wildman–Crippen LogP) is 1.23. The number of carbonyl (C=O) groups is 2. The highest BCUT2D eigenvalue weighted by Gasteiger charge is 2.21. The molecule has 0 aliphatic carbocycles. The molecule has 2 aromatic rings. The molecule has 128 valence electrons. The lowest BCUT2D eigenvalue weighted by Gasteiger charge is -2.15. The summed E-state index contributed by atoms with van der Waals surface area (Å²) in [6.45, 7) is 3.37. The number of carboxylic acid groups (broad SMARTS) is 1. The minimum atomic E-state index is -1.08. The van der Waals surface area contributed by atoms with Gasteiger partial charge in [-0.15, -0.1) is 0 Å². The third-order valence-corrected chi connectivity index (χ3v) is 3.71. The zero-order valence-corrected chi connectivity index (χ0v) is 13.9. The summed E-state index contributed by atoms with van der Waals surface area (Å²) in [6, 6.07) is 8.14. The Morgan fingerprint density at radius 1 is 1.29 bits per heavy atom. The molecule has 7 nitrogen and oxygen atoms in total. The van der Waals surface area contributed by atoms with E-state index in [1.165, 1.54) is 0 Å². The van der Waals surface area contributed by atoms with Gasteiger partial charge >= 0.3 is 5.97 Å². The van der Waals surface area contributed by atoms with Crippen LogP contribution in [0.4, 0.5) is 0 Å². The zero-order valence-electron chi connectivity index (χ0n) is 13.9. The minimum absolute atomic E-state index is 0.215. The van der Waals surface area contributed by atoms with Crippen LogP contribution in [0.3, 0.4) is 0 Å². The van der Waals surface area contributed by atoms with Crippen molar-refractivity contribution < 1.29 is 19.4 Å². The van der Waals surface area contributed by atoms with Crippen LogP contribution in [-0.4, -0.2) is 39.4 Å². The molecule has 2 N–H and O–H groups in total. The molecule has 0 radical (unpaired) electrons. The molecule has 1 aromatic heterocycles. The maximum absolute atomic E-state index is 12.0. The number of aromatic nitrogens is 2. The highest BCUT2D eigenvalue weighted by atomic mass is 16.5. The third-order valence-electron chi connectivity index (χ3n) is 3.71. The van der Waals surface area contributed by atoms with E-state index in [2.05, 4.69) is 10.4 Å². The largest absolute Gasteiger partial charge is 0.480 e. The van der Waals surface area contributed by atoms with E-state index >= 15 is 0 Å². The van der Waals surface area contributed by atoms with Crippen LogP contribution >= 0.6 is 0 Å². The van der Waals surface area contributed by atoms with Crippen molar-refractivity contribution in [1.82, 2.24) is 15.1 Å². The number of rotatable bonds is 7. The van der Waals surface area contributed by atoms with E-state index in [1.54, 1.807) is 18.7 Å². The van der Waals surface area contributed by atoms with Crippen molar-refractivity contribution in [2.45, 2.75) is 26.3 Å².